The number of hydrogen-bond donors (Lipinski definition) is 1. The third-order valence-corrected chi connectivity index (χ3v) is 5.37. The summed E-state index contributed by atoms with van der Waals surface area (Å²) < 4.78 is 23.2. The number of halogens is 1. The van der Waals surface area contributed by atoms with Crippen molar-refractivity contribution in [2.24, 2.45) is 0 Å². The third kappa shape index (κ3) is 2.50. The zero-order valence-corrected chi connectivity index (χ0v) is 10.2. The highest BCUT2D eigenvalue weighted by Crippen LogP contribution is 2.32. The summed E-state index contributed by atoms with van der Waals surface area (Å²) in [7, 11) is -3.44. The summed E-state index contributed by atoms with van der Waals surface area (Å²) in [6.07, 6.45) is 0.469. The first-order valence-corrected chi connectivity index (χ1v) is 7.04. The van der Waals surface area contributed by atoms with E-state index in [4.69, 9.17) is 16.7 Å². The highest BCUT2D eigenvalue weighted by atomic mass is 35.5. The molecule has 1 rings (SSSR count). The van der Waals surface area contributed by atoms with Crippen LogP contribution in [0.1, 0.15) is 23.0 Å². The van der Waals surface area contributed by atoms with Crippen molar-refractivity contribution in [3.63, 3.8) is 0 Å². The Kier molecular flexibility index (Phi) is 3.75. The molecule has 15 heavy (non-hydrogen) atoms. The van der Waals surface area contributed by atoms with Crippen LogP contribution >= 0.6 is 22.9 Å². The van der Waals surface area contributed by atoms with E-state index in [1.165, 1.54) is 5.38 Å². The zero-order valence-electron chi connectivity index (χ0n) is 7.86. The summed E-state index contributed by atoms with van der Waals surface area (Å²) in [4.78, 5) is 10.4. The molecule has 4 nitrogen and oxygen atoms in total. The van der Waals surface area contributed by atoms with Crippen LogP contribution in [0, 0.1) is 0 Å². The molecule has 0 bridgehead atoms. The van der Waals surface area contributed by atoms with Crippen LogP contribution in [0.25, 0.3) is 0 Å². The molecule has 0 aliphatic rings. The van der Waals surface area contributed by atoms with Gasteiger partial charge in [0.1, 0.15) is 4.88 Å². The fourth-order valence-corrected chi connectivity index (χ4v) is 4.33. The van der Waals surface area contributed by atoms with Crippen molar-refractivity contribution in [2.75, 3.05) is 5.75 Å². The maximum Gasteiger partial charge on any atom is 0.347 e. The van der Waals surface area contributed by atoms with E-state index in [0.29, 0.717) is 6.42 Å². The Labute approximate surface area is 96.4 Å². The minimum atomic E-state index is -3.44. The van der Waals surface area contributed by atoms with Crippen LogP contribution in [-0.4, -0.2) is 25.2 Å². The van der Waals surface area contributed by atoms with Gasteiger partial charge in [-0.2, -0.15) is 0 Å². The average molecular weight is 269 g/mol. The molecule has 1 aromatic rings. The maximum atomic E-state index is 11.6. The van der Waals surface area contributed by atoms with E-state index in [9.17, 15) is 13.2 Å². The SMILES string of the molecule is CCCS(=O)(=O)c1csc(C(=O)O)c1Cl. The first kappa shape index (κ1) is 12.5. The van der Waals surface area contributed by atoms with Gasteiger partial charge in [-0.15, -0.1) is 11.3 Å². The molecule has 0 aliphatic heterocycles. The molecular weight excluding hydrogens is 260 g/mol. The molecule has 0 aliphatic carbocycles. The van der Waals surface area contributed by atoms with Gasteiger partial charge in [0.05, 0.1) is 15.7 Å². The smallest absolute Gasteiger partial charge is 0.347 e. The quantitative estimate of drug-likeness (QED) is 0.909. The number of rotatable bonds is 4. The fourth-order valence-electron chi connectivity index (χ4n) is 1.06. The molecule has 0 spiro atoms. The Morgan fingerprint density at radius 2 is 2.20 bits per heavy atom. The molecule has 0 aromatic carbocycles. The minimum Gasteiger partial charge on any atom is -0.477 e. The van der Waals surface area contributed by atoms with E-state index in [-0.39, 0.29) is 20.5 Å². The molecule has 0 saturated heterocycles. The van der Waals surface area contributed by atoms with Crippen molar-refractivity contribution in [2.45, 2.75) is 18.2 Å². The summed E-state index contributed by atoms with van der Waals surface area (Å²) in [5.41, 5.74) is 0. The molecule has 0 amide bonds. The Hall–Kier alpha value is -0.590. The van der Waals surface area contributed by atoms with E-state index in [1.54, 1.807) is 6.92 Å². The third-order valence-electron chi connectivity index (χ3n) is 1.70. The number of aromatic carboxylic acids is 1. The second-order valence-electron chi connectivity index (χ2n) is 2.87. The van der Waals surface area contributed by atoms with E-state index in [0.717, 1.165) is 11.3 Å². The zero-order chi connectivity index (χ0) is 11.6. The number of thiophene rings is 1. The van der Waals surface area contributed by atoms with Crippen LogP contribution in [0.4, 0.5) is 0 Å². The molecule has 0 saturated carbocycles. The first-order chi connectivity index (χ1) is 6.90. The van der Waals surface area contributed by atoms with Crippen molar-refractivity contribution < 1.29 is 18.3 Å². The van der Waals surface area contributed by atoms with Gasteiger partial charge in [-0.25, -0.2) is 13.2 Å². The van der Waals surface area contributed by atoms with Crippen molar-refractivity contribution in [1.29, 1.82) is 0 Å². The van der Waals surface area contributed by atoms with Crippen LogP contribution in [0.15, 0.2) is 10.3 Å². The molecule has 84 valence electrons. The lowest BCUT2D eigenvalue weighted by atomic mass is 10.5. The van der Waals surface area contributed by atoms with Gasteiger partial charge in [-0.05, 0) is 6.42 Å². The van der Waals surface area contributed by atoms with E-state index in [2.05, 4.69) is 0 Å². The summed E-state index contributed by atoms with van der Waals surface area (Å²) in [5.74, 6) is -1.23. The van der Waals surface area contributed by atoms with Crippen LogP contribution in [-0.2, 0) is 9.84 Å². The van der Waals surface area contributed by atoms with Gasteiger partial charge in [0.2, 0.25) is 0 Å². The highest BCUT2D eigenvalue weighted by molar-refractivity contribution is 7.91. The second-order valence-corrected chi connectivity index (χ2v) is 6.20. The number of hydrogen-bond acceptors (Lipinski definition) is 4. The van der Waals surface area contributed by atoms with Gasteiger partial charge in [0, 0.05) is 5.38 Å². The lowest BCUT2D eigenvalue weighted by molar-refractivity contribution is 0.0702. The Bertz CT molecular complexity index is 475. The summed E-state index contributed by atoms with van der Waals surface area (Å²) in [6.45, 7) is 1.73. The lowest BCUT2D eigenvalue weighted by Gasteiger charge is -1.99. The lowest BCUT2D eigenvalue weighted by Crippen LogP contribution is -2.05. The van der Waals surface area contributed by atoms with E-state index >= 15 is 0 Å². The monoisotopic (exact) mass is 268 g/mol. The van der Waals surface area contributed by atoms with Gasteiger partial charge >= 0.3 is 5.97 Å². The van der Waals surface area contributed by atoms with Crippen molar-refractivity contribution in [1.82, 2.24) is 0 Å². The molecule has 0 fully saturated rings. The Morgan fingerprint density at radius 1 is 1.60 bits per heavy atom. The number of carbonyl (C=O) groups is 1. The van der Waals surface area contributed by atoms with Crippen LogP contribution in [0.2, 0.25) is 5.02 Å². The molecule has 1 aromatic heterocycles. The highest BCUT2D eigenvalue weighted by Gasteiger charge is 2.24. The number of carboxylic acids is 1. The molecule has 0 radical (unpaired) electrons. The molecule has 1 N–H and O–H groups in total. The van der Waals surface area contributed by atoms with Gasteiger partial charge in [-0.3, -0.25) is 0 Å². The van der Waals surface area contributed by atoms with Crippen LogP contribution in [0.5, 0.6) is 0 Å². The standard InChI is InChI=1S/C8H9ClO4S2/c1-2-3-15(12,13)5-4-14-7(6(5)9)8(10)11/h4H,2-3H2,1H3,(H,10,11). The Balaban J connectivity index is 3.23. The van der Waals surface area contributed by atoms with Gasteiger partial charge < -0.3 is 5.11 Å². The van der Waals surface area contributed by atoms with Gasteiger partial charge in [-0.1, -0.05) is 18.5 Å². The molecule has 0 atom stereocenters. The second kappa shape index (κ2) is 4.51. The van der Waals surface area contributed by atoms with E-state index < -0.39 is 15.8 Å². The Morgan fingerprint density at radius 3 is 2.60 bits per heavy atom. The largest absolute Gasteiger partial charge is 0.477 e. The topological polar surface area (TPSA) is 71.4 Å². The molecule has 7 heteroatoms. The van der Waals surface area contributed by atoms with Crippen LogP contribution < -0.4 is 0 Å². The van der Waals surface area contributed by atoms with Gasteiger partial charge in [0.25, 0.3) is 0 Å². The predicted molar refractivity (Wildman–Crippen MR) is 58.6 cm³/mol. The van der Waals surface area contributed by atoms with Gasteiger partial charge in [0.15, 0.2) is 9.84 Å². The van der Waals surface area contributed by atoms with Crippen LogP contribution in [0.3, 0.4) is 0 Å². The van der Waals surface area contributed by atoms with Crippen molar-refractivity contribution >= 4 is 38.7 Å². The number of carboxylic acid groups (broad SMARTS) is 1. The molecular formula is C8H9ClO4S2. The van der Waals surface area contributed by atoms with E-state index in [1.807, 2.05) is 0 Å². The molecule has 0 unspecified atom stereocenters. The van der Waals surface area contributed by atoms with Crippen molar-refractivity contribution in [3.05, 3.63) is 15.3 Å². The minimum absolute atomic E-state index is 0.0253. The summed E-state index contributed by atoms with van der Waals surface area (Å²) >= 11 is 6.52. The fraction of sp³-hybridized carbons (Fsp3) is 0.375. The first-order valence-electron chi connectivity index (χ1n) is 4.13. The maximum absolute atomic E-state index is 11.6. The summed E-state index contributed by atoms with van der Waals surface area (Å²) in [5, 5.41) is 9.80. The average Bonchev–Trinajstić information content (AvgIpc) is 2.47. The normalized spacial score (nSPS) is 11.6. The number of sulfone groups is 1. The molecule has 1 heterocycles. The predicted octanol–water partition coefficient (Wildman–Crippen LogP) is 2.28. The van der Waals surface area contributed by atoms with Crippen molar-refractivity contribution in [3.8, 4) is 0 Å². The summed E-state index contributed by atoms with van der Waals surface area (Å²) in [6, 6.07) is 0.